The van der Waals surface area contributed by atoms with E-state index < -0.39 is 23.0 Å². The second-order valence-electron chi connectivity index (χ2n) is 4.42. The van der Waals surface area contributed by atoms with Gasteiger partial charge in [0.15, 0.2) is 11.6 Å². The third kappa shape index (κ3) is 3.31. The molecule has 4 N–H and O–H groups in total. The molecule has 6 heteroatoms. The number of aliphatic hydroxyl groups excluding tert-OH is 1. The van der Waals surface area contributed by atoms with E-state index in [-0.39, 0.29) is 24.6 Å². The van der Waals surface area contributed by atoms with E-state index in [0.29, 0.717) is 4.47 Å². The van der Waals surface area contributed by atoms with Gasteiger partial charge in [0.1, 0.15) is 0 Å². The molecule has 0 aliphatic heterocycles. The molecular weight excluding hydrogens is 312 g/mol. The van der Waals surface area contributed by atoms with Crippen molar-refractivity contribution in [3.05, 3.63) is 28.0 Å². The number of aromatic hydroxyl groups is 1. The van der Waals surface area contributed by atoms with Gasteiger partial charge in [-0.3, -0.25) is 0 Å². The summed E-state index contributed by atoms with van der Waals surface area (Å²) >= 11 is 3.22. The molecule has 3 nitrogen and oxygen atoms in total. The average Bonchev–Trinajstić information content (AvgIpc) is 2.24. The molecule has 0 unspecified atom stereocenters. The average molecular weight is 329 g/mol. The molecule has 0 aliphatic carbocycles. The highest BCUT2D eigenvalue weighted by Gasteiger charge is 2.31. The van der Waals surface area contributed by atoms with Gasteiger partial charge < -0.3 is 15.9 Å². The van der Waals surface area contributed by atoms with Crippen LogP contribution in [0.15, 0.2) is 16.6 Å². The Morgan fingerprint density at radius 3 is 2.47 bits per heavy atom. The Hall–Kier alpha value is -0.360. The Kier molecular flexibility index (Phi) is 5.87. The van der Waals surface area contributed by atoms with Gasteiger partial charge in [-0.25, -0.2) is 4.39 Å². The van der Waals surface area contributed by atoms with E-state index in [1.807, 2.05) is 0 Å². The van der Waals surface area contributed by atoms with Gasteiger partial charge in [0.2, 0.25) is 0 Å². The highest BCUT2D eigenvalue weighted by Crippen LogP contribution is 2.40. The summed E-state index contributed by atoms with van der Waals surface area (Å²) in [4.78, 5) is 0. The maximum atomic E-state index is 13.2. The standard InChI is InChI=1S/C11H15BrFNO2.ClH/c1-11(2,5-15)10(14)8-6(12)3-4-7(13)9(8)16;/h3-4,10,15-16H,5,14H2,1-2H3;1H/t10-;/m1./s1. The predicted molar refractivity (Wildman–Crippen MR) is 70.8 cm³/mol. The fourth-order valence-electron chi connectivity index (χ4n) is 1.34. The van der Waals surface area contributed by atoms with Crippen molar-refractivity contribution in [3.8, 4) is 5.75 Å². The summed E-state index contributed by atoms with van der Waals surface area (Å²) in [5, 5.41) is 18.8. The van der Waals surface area contributed by atoms with Crippen molar-refractivity contribution >= 4 is 28.3 Å². The van der Waals surface area contributed by atoms with Crippen LogP contribution in [0.25, 0.3) is 0 Å². The van der Waals surface area contributed by atoms with Crippen LogP contribution in [0.5, 0.6) is 5.75 Å². The summed E-state index contributed by atoms with van der Waals surface area (Å²) in [5.41, 5.74) is 5.57. The number of hydrogen-bond donors (Lipinski definition) is 3. The highest BCUT2D eigenvalue weighted by molar-refractivity contribution is 9.10. The van der Waals surface area contributed by atoms with Gasteiger partial charge in [0, 0.05) is 28.1 Å². The van der Waals surface area contributed by atoms with Gasteiger partial charge in [0.25, 0.3) is 0 Å². The van der Waals surface area contributed by atoms with Crippen molar-refractivity contribution in [1.29, 1.82) is 0 Å². The minimum Gasteiger partial charge on any atom is -0.505 e. The zero-order valence-electron chi connectivity index (χ0n) is 9.58. The summed E-state index contributed by atoms with van der Waals surface area (Å²) in [6, 6.07) is 1.97. The van der Waals surface area contributed by atoms with Crippen LogP contribution < -0.4 is 5.73 Å². The van der Waals surface area contributed by atoms with E-state index in [9.17, 15) is 14.6 Å². The Labute approximate surface area is 114 Å². The molecular formula is C11H16BrClFNO2. The lowest BCUT2D eigenvalue weighted by molar-refractivity contribution is 0.130. The highest BCUT2D eigenvalue weighted by atomic mass is 79.9. The number of phenolic OH excluding ortho intramolecular Hbond substituents is 1. The van der Waals surface area contributed by atoms with Crippen LogP contribution in [0, 0.1) is 11.2 Å². The van der Waals surface area contributed by atoms with Crippen molar-refractivity contribution in [2.45, 2.75) is 19.9 Å². The zero-order valence-corrected chi connectivity index (χ0v) is 12.0. The Morgan fingerprint density at radius 1 is 1.47 bits per heavy atom. The molecule has 0 spiro atoms. The number of rotatable bonds is 3. The van der Waals surface area contributed by atoms with Crippen molar-refractivity contribution < 1.29 is 14.6 Å². The topological polar surface area (TPSA) is 66.5 Å². The fourth-order valence-corrected chi connectivity index (χ4v) is 1.91. The van der Waals surface area contributed by atoms with Crippen LogP contribution in [0.3, 0.4) is 0 Å². The normalized spacial score (nSPS) is 13.1. The maximum absolute atomic E-state index is 13.2. The van der Waals surface area contributed by atoms with Crippen LogP contribution in [0.4, 0.5) is 4.39 Å². The first-order valence-electron chi connectivity index (χ1n) is 4.84. The molecule has 0 amide bonds. The predicted octanol–water partition coefficient (Wildman–Crippen LogP) is 2.73. The number of benzene rings is 1. The fraction of sp³-hybridized carbons (Fsp3) is 0.455. The second kappa shape index (κ2) is 6.00. The van der Waals surface area contributed by atoms with E-state index in [1.54, 1.807) is 13.8 Å². The van der Waals surface area contributed by atoms with Crippen molar-refractivity contribution in [3.63, 3.8) is 0 Å². The summed E-state index contributed by atoms with van der Waals surface area (Å²) < 4.78 is 13.8. The van der Waals surface area contributed by atoms with Crippen molar-refractivity contribution in [1.82, 2.24) is 0 Å². The summed E-state index contributed by atoms with van der Waals surface area (Å²) in [6.07, 6.45) is 0. The van der Waals surface area contributed by atoms with Crippen LogP contribution in [0.2, 0.25) is 0 Å². The van der Waals surface area contributed by atoms with Crippen LogP contribution in [-0.4, -0.2) is 16.8 Å². The minimum atomic E-state index is -0.720. The third-order valence-corrected chi connectivity index (χ3v) is 3.37. The number of halogens is 3. The number of phenols is 1. The van der Waals surface area contributed by atoms with E-state index >= 15 is 0 Å². The number of hydrogen-bond acceptors (Lipinski definition) is 3. The largest absolute Gasteiger partial charge is 0.505 e. The van der Waals surface area contributed by atoms with Gasteiger partial charge in [0.05, 0.1) is 0 Å². The van der Waals surface area contributed by atoms with Crippen LogP contribution >= 0.6 is 28.3 Å². The third-order valence-electron chi connectivity index (χ3n) is 2.68. The molecule has 17 heavy (non-hydrogen) atoms. The molecule has 0 aliphatic rings. The van der Waals surface area contributed by atoms with Gasteiger partial charge in [-0.15, -0.1) is 12.4 Å². The quantitative estimate of drug-likeness (QED) is 0.799. The summed E-state index contributed by atoms with van der Waals surface area (Å²) in [5.74, 6) is -1.19. The van der Waals surface area contributed by atoms with Gasteiger partial charge in [-0.05, 0) is 12.1 Å². The number of nitrogens with two attached hydrogens (primary N) is 1. The Morgan fingerprint density at radius 2 is 2.00 bits per heavy atom. The Balaban J connectivity index is 0.00000256. The lowest BCUT2D eigenvalue weighted by Crippen LogP contribution is -2.32. The molecule has 0 radical (unpaired) electrons. The van der Waals surface area contributed by atoms with E-state index in [2.05, 4.69) is 15.9 Å². The zero-order chi connectivity index (χ0) is 12.5. The lowest BCUT2D eigenvalue weighted by Gasteiger charge is -2.30. The SMILES string of the molecule is CC(C)(CO)[C@H](N)c1c(Br)ccc(F)c1O.Cl. The molecule has 0 saturated heterocycles. The van der Waals surface area contributed by atoms with E-state index in [1.165, 1.54) is 6.07 Å². The first-order chi connectivity index (χ1) is 7.31. The van der Waals surface area contributed by atoms with E-state index in [0.717, 1.165) is 6.07 Å². The molecule has 0 aromatic heterocycles. The first kappa shape index (κ1) is 16.6. The maximum Gasteiger partial charge on any atom is 0.165 e. The molecule has 1 aromatic rings. The smallest absolute Gasteiger partial charge is 0.165 e. The van der Waals surface area contributed by atoms with Crippen LogP contribution in [0.1, 0.15) is 25.5 Å². The molecule has 0 saturated carbocycles. The van der Waals surface area contributed by atoms with Gasteiger partial charge >= 0.3 is 0 Å². The van der Waals surface area contributed by atoms with Gasteiger partial charge in [-0.2, -0.15) is 0 Å². The lowest BCUT2D eigenvalue weighted by atomic mass is 9.81. The monoisotopic (exact) mass is 327 g/mol. The molecule has 1 rings (SSSR count). The second-order valence-corrected chi connectivity index (χ2v) is 5.27. The minimum absolute atomic E-state index is 0. The summed E-state index contributed by atoms with van der Waals surface area (Å²) in [7, 11) is 0. The van der Waals surface area contributed by atoms with Crippen LogP contribution in [-0.2, 0) is 0 Å². The summed E-state index contributed by atoms with van der Waals surface area (Å²) in [6.45, 7) is 3.33. The Bertz CT molecular complexity index is 401. The first-order valence-corrected chi connectivity index (χ1v) is 5.64. The van der Waals surface area contributed by atoms with Gasteiger partial charge in [-0.1, -0.05) is 29.8 Å². The number of aliphatic hydroxyl groups is 1. The molecule has 1 aromatic carbocycles. The molecule has 0 fully saturated rings. The molecule has 0 bridgehead atoms. The molecule has 0 heterocycles. The molecule has 1 atom stereocenters. The molecule has 98 valence electrons. The van der Waals surface area contributed by atoms with E-state index in [4.69, 9.17) is 5.73 Å². The van der Waals surface area contributed by atoms with Crippen molar-refractivity contribution in [2.75, 3.05) is 6.61 Å². The van der Waals surface area contributed by atoms with Crippen molar-refractivity contribution in [2.24, 2.45) is 11.1 Å².